The van der Waals surface area contributed by atoms with Crippen molar-refractivity contribution in [3.63, 3.8) is 0 Å². The monoisotopic (exact) mass is 279 g/mol. The van der Waals surface area contributed by atoms with Gasteiger partial charge in [0.15, 0.2) is 0 Å². The summed E-state index contributed by atoms with van der Waals surface area (Å²) in [7, 11) is 0. The van der Waals surface area contributed by atoms with Crippen LogP contribution in [-0.4, -0.2) is 16.3 Å². The van der Waals surface area contributed by atoms with Crippen LogP contribution in [-0.2, 0) is 6.61 Å². The van der Waals surface area contributed by atoms with E-state index in [1.54, 1.807) is 0 Å². The van der Waals surface area contributed by atoms with Gasteiger partial charge in [0, 0.05) is 0 Å². The molecule has 0 atom stereocenters. The molecule has 0 heterocycles. The van der Waals surface area contributed by atoms with Crippen LogP contribution in [0.1, 0.15) is 5.56 Å². The summed E-state index contributed by atoms with van der Waals surface area (Å²) in [5.74, 6) is 1.56. The zero-order valence-electron chi connectivity index (χ0n) is 8.63. The van der Waals surface area contributed by atoms with Crippen molar-refractivity contribution in [2.75, 3.05) is 0 Å². The predicted octanol–water partition coefficient (Wildman–Crippen LogP) is 2.73. The maximum absolute atomic E-state index is 5.64. The molecule has 0 aliphatic carbocycles. The van der Waals surface area contributed by atoms with Crippen molar-refractivity contribution < 1.29 is 8.56 Å². The molecule has 0 aliphatic heterocycles. The van der Waals surface area contributed by atoms with Crippen molar-refractivity contribution in [1.82, 2.24) is 0 Å². The summed E-state index contributed by atoms with van der Waals surface area (Å²) in [5, 5.41) is 0. The Hall–Kier alpha value is -1.44. The van der Waals surface area contributed by atoms with Gasteiger partial charge in [0.05, 0.1) is 0 Å². The van der Waals surface area contributed by atoms with Crippen LogP contribution in [0.2, 0.25) is 0 Å². The molecular formula is C13H11O2Se. The Morgan fingerprint density at radius 3 is 2.38 bits per heavy atom. The van der Waals surface area contributed by atoms with Crippen molar-refractivity contribution in [3.8, 4) is 11.5 Å². The fraction of sp³-hybridized carbons (Fsp3) is 0.0769. The third-order valence-electron chi connectivity index (χ3n) is 2.15. The van der Waals surface area contributed by atoms with Crippen LogP contribution in [0, 0.1) is 0 Å². The molecular weight excluding hydrogens is 267 g/mol. The number of benzene rings is 2. The van der Waals surface area contributed by atoms with Crippen LogP contribution in [0.3, 0.4) is 0 Å². The number of ether oxygens (including phenoxy) is 1. The van der Waals surface area contributed by atoms with E-state index in [0.29, 0.717) is 6.61 Å². The minimum atomic E-state index is 0.567. The van der Waals surface area contributed by atoms with Crippen molar-refractivity contribution >= 4 is 16.3 Å². The molecule has 0 unspecified atom stereocenters. The summed E-state index contributed by atoms with van der Waals surface area (Å²) < 4.78 is 10.6. The molecule has 1 radical (unpaired) electrons. The first kappa shape index (κ1) is 11.1. The summed E-state index contributed by atoms with van der Waals surface area (Å²) in [5.41, 5.74) is 1.15. The maximum atomic E-state index is 5.64. The van der Waals surface area contributed by atoms with E-state index < -0.39 is 0 Å². The van der Waals surface area contributed by atoms with Gasteiger partial charge < -0.3 is 0 Å². The van der Waals surface area contributed by atoms with E-state index in [0.717, 1.165) is 17.1 Å². The molecule has 0 spiro atoms. The van der Waals surface area contributed by atoms with Crippen LogP contribution >= 0.6 is 0 Å². The van der Waals surface area contributed by atoms with E-state index in [9.17, 15) is 0 Å². The van der Waals surface area contributed by atoms with E-state index in [-0.39, 0.29) is 0 Å². The Morgan fingerprint density at radius 1 is 0.875 bits per heavy atom. The molecule has 0 fully saturated rings. The van der Waals surface area contributed by atoms with Gasteiger partial charge in [0.25, 0.3) is 0 Å². The van der Waals surface area contributed by atoms with E-state index in [1.807, 2.05) is 54.6 Å². The summed E-state index contributed by atoms with van der Waals surface area (Å²) in [6, 6.07) is 17.6. The van der Waals surface area contributed by atoms with Crippen LogP contribution in [0.15, 0.2) is 54.6 Å². The van der Waals surface area contributed by atoms with Crippen molar-refractivity contribution in [3.05, 3.63) is 60.2 Å². The first-order valence-corrected chi connectivity index (χ1v) is 5.65. The normalized spacial score (nSPS) is 9.81. The summed E-state index contributed by atoms with van der Waals surface area (Å²) in [6.45, 7) is 0.567. The molecule has 3 heteroatoms. The summed E-state index contributed by atoms with van der Waals surface area (Å²) >= 11 is 2.50. The first-order chi connectivity index (χ1) is 7.88. The summed E-state index contributed by atoms with van der Waals surface area (Å²) in [6.07, 6.45) is 0. The first-order valence-electron chi connectivity index (χ1n) is 4.95. The minimum absolute atomic E-state index is 0.567. The van der Waals surface area contributed by atoms with Gasteiger partial charge in [-0.15, -0.1) is 0 Å². The Balaban J connectivity index is 1.99. The van der Waals surface area contributed by atoms with Gasteiger partial charge in [-0.3, -0.25) is 0 Å². The van der Waals surface area contributed by atoms with Crippen LogP contribution in [0.4, 0.5) is 0 Å². The fourth-order valence-corrected chi connectivity index (χ4v) is 1.57. The number of rotatable bonds is 4. The number of hydrogen-bond acceptors (Lipinski definition) is 2. The van der Waals surface area contributed by atoms with Crippen LogP contribution in [0.5, 0.6) is 11.5 Å². The topological polar surface area (TPSA) is 18.5 Å². The second-order valence-corrected chi connectivity index (χ2v) is 3.68. The zero-order chi connectivity index (χ0) is 11.2. The van der Waals surface area contributed by atoms with Gasteiger partial charge in [0.1, 0.15) is 0 Å². The van der Waals surface area contributed by atoms with E-state index in [2.05, 4.69) is 16.3 Å². The molecule has 81 valence electrons. The molecule has 0 amide bonds. The molecule has 0 aliphatic rings. The van der Waals surface area contributed by atoms with E-state index in [1.165, 1.54) is 0 Å². The molecule has 16 heavy (non-hydrogen) atoms. The molecule has 2 aromatic carbocycles. The third-order valence-corrected chi connectivity index (χ3v) is 2.55. The van der Waals surface area contributed by atoms with Gasteiger partial charge in [0.2, 0.25) is 0 Å². The Morgan fingerprint density at radius 2 is 1.62 bits per heavy atom. The van der Waals surface area contributed by atoms with Crippen molar-refractivity contribution in [1.29, 1.82) is 0 Å². The van der Waals surface area contributed by atoms with E-state index in [4.69, 9.17) is 8.56 Å². The SMILES string of the molecule is [Se]Oc1cccc(OCc2ccccc2)c1. The van der Waals surface area contributed by atoms with Gasteiger partial charge in [-0.1, -0.05) is 0 Å². The molecule has 2 rings (SSSR count). The molecule has 0 saturated heterocycles. The third kappa shape index (κ3) is 3.02. The Bertz CT molecular complexity index is 443. The van der Waals surface area contributed by atoms with Gasteiger partial charge in [-0.25, -0.2) is 0 Å². The average Bonchev–Trinajstić information content (AvgIpc) is 2.38. The van der Waals surface area contributed by atoms with E-state index >= 15 is 0 Å². The van der Waals surface area contributed by atoms with Crippen molar-refractivity contribution in [2.24, 2.45) is 0 Å². The standard InChI is InChI=1S/C13H11O2Se/c16-15-13-8-4-7-12(9-13)14-10-11-5-2-1-3-6-11/h1-9H,10H2. The second-order valence-electron chi connectivity index (χ2n) is 3.33. The fourth-order valence-electron chi connectivity index (χ4n) is 1.36. The Labute approximate surface area is 103 Å². The van der Waals surface area contributed by atoms with Gasteiger partial charge in [-0.05, 0) is 0 Å². The van der Waals surface area contributed by atoms with Gasteiger partial charge in [-0.2, -0.15) is 0 Å². The van der Waals surface area contributed by atoms with Crippen molar-refractivity contribution in [2.45, 2.75) is 6.61 Å². The zero-order valence-corrected chi connectivity index (χ0v) is 10.3. The molecule has 0 saturated carbocycles. The quantitative estimate of drug-likeness (QED) is 0.801. The molecule has 2 aromatic rings. The van der Waals surface area contributed by atoms with Crippen LogP contribution < -0.4 is 8.56 Å². The molecule has 2 nitrogen and oxygen atoms in total. The molecule has 0 aromatic heterocycles. The van der Waals surface area contributed by atoms with Gasteiger partial charge >= 0.3 is 103 Å². The summed E-state index contributed by atoms with van der Waals surface area (Å²) in [4.78, 5) is 0. The Kier molecular flexibility index (Phi) is 3.86. The van der Waals surface area contributed by atoms with Crippen LogP contribution in [0.25, 0.3) is 0 Å². The average molecular weight is 278 g/mol. The number of hydrogen-bond donors (Lipinski definition) is 0. The second kappa shape index (κ2) is 5.59. The molecule has 0 N–H and O–H groups in total. The predicted molar refractivity (Wildman–Crippen MR) is 63.6 cm³/mol. The molecule has 0 bridgehead atoms.